The van der Waals surface area contributed by atoms with Gasteiger partial charge in [-0.1, -0.05) is 25.1 Å². The molecule has 31 heavy (non-hydrogen) atoms. The third-order valence-corrected chi connectivity index (χ3v) is 6.65. The predicted molar refractivity (Wildman–Crippen MR) is 123 cm³/mol. The molecule has 0 radical (unpaired) electrons. The lowest BCUT2D eigenvalue weighted by atomic mass is 10.1. The average Bonchev–Trinajstić information content (AvgIpc) is 3.40. The number of thiophene rings is 1. The topological polar surface area (TPSA) is 98.4 Å². The van der Waals surface area contributed by atoms with Crippen molar-refractivity contribution in [2.75, 3.05) is 11.1 Å². The van der Waals surface area contributed by atoms with Gasteiger partial charge in [0, 0.05) is 17.8 Å². The van der Waals surface area contributed by atoms with Gasteiger partial charge in [-0.05, 0) is 49.1 Å². The van der Waals surface area contributed by atoms with Crippen LogP contribution in [0.15, 0.2) is 45.7 Å². The molecule has 3 aromatic heterocycles. The number of benzene rings is 1. The van der Waals surface area contributed by atoms with E-state index in [0.29, 0.717) is 33.4 Å². The average molecular weight is 456 g/mol. The molecule has 0 saturated heterocycles. The van der Waals surface area contributed by atoms with Crippen LogP contribution in [0.3, 0.4) is 0 Å². The molecule has 1 amide bonds. The molecule has 10 heteroatoms. The fraction of sp³-hybridized carbons (Fsp3) is 0.286. The number of carbonyl (C=O) groups is 2. The SMILES string of the molecule is CCCCn1c(=O)c2sccc2n2c(SCC(=O)Nc3ccc(C(C)=O)cc3)nnc12. The van der Waals surface area contributed by atoms with Crippen molar-refractivity contribution in [3.8, 4) is 0 Å². The minimum atomic E-state index is -0.196. The molecule has 3 heterocycles. The Morgan fingerprint density at radius 2 is 1.94 bits per heavy atom. The normalized spacial score (nSPS) is 11.3. The number of thioether (sulfide) groups is 1. The highest BCUT2D eigenvalue weighted by molar-refractivity contribution is 7.99. The molecule has 0 aliphatic heterocycles. The molecule has 0 aliphatic rings. The standard InChI is InChI=1S/C21H21N5O3S2/c1-3-4-10-25-19(29)18-16(9-11-30-18)26-20(25)23-24-21(26)31-12-17(28)22-15-7-5-14(6-8-15)13(2)27/h5-9,11H,3-4,10,12H2,1-2H3,(H,22,28). The lowest BCUT2D eigenvalue weighted by Crippen LogP contribution is -2.22. The van der Waals surface area contributed by atoms with Crippen molar-refractivity contribution in [2.45, 2.75) is 38.4 Å². The molecule has 1 N–H and O–H groups in total. The van der Waals surface area contributed by atoms with E-state index >= 15 is 0 Å². The maximum Gasteiger partial charge on any atom is 0.272 e. The Labute approximate surface area is 186 Å². The van der Waals surface area contributed by atoms with E-state index in [0.717, 1.165) is 18.4 Å². The van der Waals surface area contributed by atoms with E-state index in [1.165, 1.54) is 30.0 Å². The van der Waals surface area contributed by atoms with Crippen LogP contribution >= 0.6 is 23.1 Å². The molecule has 0 spiro atoms. The Balaban J connectivity index is 1.56. The summed E-state index contributed by atoms with van der Waals surface area (Å²) in [5.41, 5.74) is 1.92. The summed E-state index contributed by atoms with van der Waals surface area (Å²) in [6.07, 6.45) is 1.83. The zero-order valence-electron chi connectivity index (χ0n) is 17.1. The first-order valence-electron chi connectivity index (χ1n) is 9.88. The maximum absolute atomic E-state index is 12.9. The Morgan fingerprint density at radius 3 is 2.65 bits per heavy atom. The van der Waals surface area contributed by atoms with Gasteiger partial charge in [0.1, 0.15) is 4.70 Å². The minimum absolute atomic E-state index is 0.0238. The number of hydrogen-bond donors (Lipinski definition) is 1. The zero-order chi connectivity index (χ0) is 22.0. The number of aryl methyl sites for hydroxylation is 1. The number of aromatic nitrogens is 4. The van der Waals surface area contributed by atoms with Gasteiger partial charge in [0.25, 0.3) is 5.56 Å². The van der Waals surface area contributed by atoms with Crippen molar-refractivity contribution in [2.24, 2.45) is 0 Å². The summed E-state index contributed by atoms with van der Waals surface area (Å²) in [5.74, 6) is 0.407. The summed E-state index contributed by atoms with van der Waals surface area (Å²) in [5, 5.41) is 13.7. The summed E-state index contributed by atoms with van der Waals surface area (Å²) in [4.78, 5) is 36.7. The van der Waals surface area contributed by atoms with Gasteiger partial charge < -0.3 is 5.32 Å². The molecule has 1 aromatic carbocycles. The van der Waals surface area contributed by atoms with Gasteiger partial charge in [0.05, 0.1) is 11.3 Å². The third kappa shape index (κ3) is 4.26. The zero-order valence-corrected chi connectivity index (χ0v) is 18.8. The Morgan fingerprint density at radius 1 is 1.16 bits per heavy atom. The molecule has 0 fully saturated rings. The van der Waals surface area contributed by atoms with Gasteiger partial charge in [-0.25, -0.2) is 0 Å². The maximum atomic E-state index is 12.9. The van der Waals surface area contributed by atoms with Crippen molar-refractivity contribution in [3.63, 3.8) is 0 Å². The van der Waals surface area contributed by atoms with Crippen LogP contribution < -0.4 is 10.9 Å². The number of fused-ring (bicyclic) bond motifs is 3. The molecule has 160 valence electrons. The van der Waals surface area contributed by atoms with Crippen LogP contribution in [-0.4, -0.2) is 36.6 Å². The van der Waals surface area contributed by atoms with Gasteiger partial charge in [0.15, 0.2) is 10.9 Å². The van der Waals surface area contributed by atoms with E-state index in [1.807, 2.05) is 15.8 Å². The summed E-state index contributed by atoms with van der Waals surface area (Å²) >= 11 is 2.66. The van der Waals surface area contributed by atoms with Crippen molar-refractivity contribution in [3.05, 3.63) is 51.6 Å². The highest BCUT2D eigenvalue weighted by Gasteiger charge is 2.18. The first-order valence-corrected chi connectivity index (χ1v) is 11.7. The van der Waals surface area contributed by atoms with Gasteiger partial charge in [0.2, 0.25) is 11.7 Å². The number of nitrogens with one attached hydrogen (secondary N) is 1. The number of amides is 1. The van der Waals surface area contributed by atoms with Crippen LogP contribution in [0.4, 0.5) is 5.69 Å². The number of hydrogen-bond acceptors (Lipinski definition) is 7. The van der Waals surface area contributed by atoms with Gasteiger partial charge in [-0.3, -0.25) is 23.4 Å². The number of rotatable bonds is 8. The summed E-state index contributed by atoms with van der Waals surface area (Å²) in [6.45, 7) is 4.15. The predicted octanol–water partition coefficient (Wildman–Crippen LogP) is 3.84. The largest absolute Gasteiger partial charge is 0.325 e. The molecule has 8 nitrogen and oxygen atoms in total. The monoisotopic (exact) mass is 455 g/mol. The first kappa shape index (κ1) is 21.3. The number of anilines is 1. The Bertz CT molecular complexity index is 1320. The van der Waals surface area contributed by atoms with Crippen LogP contribution in [0, 0.1) is 0 Å². The smallest absolute Gasteiger partial charge is 0.272 e. The molecule has 0 aliphatic carbocycles. The lowest BCUT2D eigenvalue weighted by molar-refractivity contribution is -0.113. The molecule has 0 atom stereocenters. The fourth-order valence-electron chi connectivity index (χ4n) is 3.23. The van der Waals surface area contributed by atoms with E-state index in [2.05, 4.69) is 22.4 Å². The fourth-order valence-corrected chi connectivity index (χ4v) is 4.79. The number of Topliss-reactive ketones (excluding diaryl/α,β-unsaturated/α-hetero) is 1. The first-order chi connectivity index (χ1) is 15.0. The third-order valence-electron chi connectivity index (χ3n) is 4.83. The molecule has 0 bridgehead atoms. The van der Waals surface area contributed by atoms with Crippen LogP contribution in [0.5, 0.6) is 0 Å². The van der Waals surface area contributed by atoms with Gasteiger partial charge in [-0.15, -0.1) is 21.5 Å². The highest BCUT2D eigenvalue weighted by atomic mass is 32.2. The number of unbranched alkanes of at least 4 members (excludes halogenated alkanes) is 1. The van der Waals surface area contributed by atoms with E-state index in [1.54, 1.807) is 28.8 Å². The minimum Gasteiger partial charge on any atom is -0.325 e. The Kier molecular flexibility index (Phi) is 6.19. The van der Waals surface area contributed by atoms with Crippen LogP contribution in [0.1, 0.15) is 37.0 Å². The molecular formula is C21H21N5O3S2. The van der Waals surface area contributed by atoms with Crippen molar-refractivity contribution in [1.82, 2.24) is 19.2 Å². The van der Waals surface area contributed by atoms with Crippen molar-refractivity contribution in [1.29, 1.82) is 0 Å². The Hall–Kier alpha value is -2.98. The number of carbonyl (C=O) groups excluding carboxylic acids is 2. The second-order valence-corrected chi connectivity index (χ2v) is 8.89. The molecule has 0 unspecified atom stereocenters. The van der Waals surface area contributed by atoms with E-state index in [4.69, 9.17) is 0 Å². The highest BCUT2D eigenvalue weighted by Crippen LogP contribution is 2.24. The molecule has 4 aromatic rings. The summed E-state index contributed by atoms with van der Waals surface area (Å²) in [7, 11) is 0. The van der Waals surface area contributed by atoms with Gasteiger partial charge in [-0.2, -0.15) is 0 Å². The van der Waals surface area contributed by atoms with E-state index < -0.39 is 0 Å². The quantitative estimate of drug-likeness (QED) is 0.320. The molecule has 4 rings (SSSR count). The van der Waals surface area contributed by atoms with Crippen molar-refractivity contribution < 1.29 is 9.59 Å². The van der Waals surface area contributed by atoms with E-state index in [-0.39, 0.29) is 23.0 Å². The summed E-state index contributed by atoms with van der Waals surface area (Å²) in [6, 6.07) is 8.64. The van der Waals surface area contributed by atoms with Crippen LogP contribution in [0.25, 0.3) is 16.0 Å². The molecule has 0 saturated carbocycles. The van der Waals surface area contributed by atoms with Crippen LogP contribution in [0.2, 0.25) is 0 Å². The van der Waals surface area contributed by atoms with Crippen LogP contribution in [-0.2, 0) is 11.3 Å². The lowest BCUT2D eigenvalue weighted by Gasteiger charge is -2.09. The second kappa shape index (κ2) is 9.03. The number of ketones is 1. The number of nitrogens with zero attached hydrogens (tertiary/aromatic N) is 4. The van der Waals surface area contributed by atoms with Crippen molar-refractivity contribution >= 4 is 56.5 Å². The van der Waals surface area contributed by atoms with E-state index in [9.17, 15) is 14.4 Å². The second-order valence-electron chi connectivity index (χ2n) is 7.03. The van der Waals surface area contributed by atoms with Gasteiger partial charge >= 0.3 is 0 Å². The summed E-state index contributed by atoms with van der Waals surface area (Å²) < 4.78 is 4.17. The molecular weight excluding hydrogens is 434 g/mol.